The Morgan fingerprint density at radius 1 is 1.00 bits per heavy atom. The summed E-state index contributed by atoms with van der Waals surface area (Å²) in [6, 6.07) is 0. The molecule has 0 saturated heterocycles. The average molecular weight is 323 g/mol. The van der Waals surface area contributed by atoms with E-state index < -0.39 is 0 Å². The van der Waals surface area contributed by atoms with E-state index in [2.05, 4.69) is 54.7 Å². The van der Waals surface area contributed by atoms with E-state index >= 15 is 0 Å². The lowest BCUT2D eigenvalue weighted by Crippen LogP contribution is -2.15. The summed E-state index contributed by atoms with van der Waals surface area (Å²) in [6.45, 7) is 2.25. The highest BCUT2D eigenvalue weighted by Gasteiger charge is 2.12. The van der Waals surface area contributed by atoms with E-state index in [9.17, 15) is 0 Å². The van der Waals surface area contributed by atoms with Crippen LogP contribution in [0.25, 0.3) is 0 Å². The molecule has 0 aromatic rings. The van der Waals surface area contributed by atoms with Gasteiger partial charge < -0.3 is 0 Å². The summed E-state index contributed by atoms with van der Waals surface area (Å²) in [5.74, 6) is 1.51. The number of halogens is 3. The monoisotopic (exact) mass is 320 g/mol. The third-order valence-electron chi connectivity index (χ3n) is 1.44. The highest BCUT2D eigenvalue weighted by Crippen LogP contribution is 2.18. The predicted molar refractivity (Wildman–Crippen MR) is 54.0 cm³/mol. The molecule has 0 rings (SSSR count). The van der Waals surface area contributed by atoms with Crippen LogP contribution < -0.4 is 0 Å². The molecule has 9 heavy (non-hydrogen) atoms. The van der Waals surface area contributed by atoms with Crippen LogP contribution >= 0.6 is 47.8 Å². The van der Waals surface area contributed by atoms with E-state index in [1.165, 1.54) is 0 Å². The quantitative estimate of drug-likeness (QED) is 0.696. The second-order valence-corrected chi connectivity index (χ2v) is 4.14. The van der Waals surface area contributed by atoms with Crippen LogP contribution in [0.2, 0.25) is 0 Å². The third-order valence-corrected chi connectivity index (χ3v) is 4.13. The Bertz CT molecular complexity index is 61.3. The Morgan fingerprint density at radius 2 is 1.44 bits per heavy atom. The molecule has 0 bridgehead atoms. The van der Waals surface area contributed by atoms with Gasteiger partial charge in [0.25, 0.3) is 0 Å². The minimum Gasteiger partial charge on any atom is -0.0925 e. The first kappa shape index (κ1) is 10.4. The van der Waals surface area contributed by atoms with Crippen molar-refractivity contribution in [3.8, 4) is 0 Å². The van der Waals surface area contributed by atoms with Crippen LogP contribution in [0.5, 0.6) is 0 Å². The van der Waals surface area contributed by atoms with Crippen LogP contribution in [0.4, 0.5) is 0 Å². The van der Waals surface area contributed by atoms with E-state index in [-0.39, 0.29) is 0 Å². The molecule has 0 aromatic heterocycles. The molecule has 0 saturated carbocycles. The van der Waals surface area contributed by atoms with Gasteiger partial charge in [-0.1, -0.05) is 54.7 Å². The molecule has 56 valence electrons. The van der Waals surface area contributed by atoms with Crippen molar-refractivity contribution in [3.63, 3.8) is 0 Å². The van der Waals surface area contributed by atoms with Crippen molar-refractivity contribution >= 4 is 47.8 Å². The molecule has 0 N–H and O–H groups in total. The summed E-state index contributed by atoms with van der Waals surface area (Å²) < 4.78 is 0. The average Bonchev–Trinajstić information content (AvgIpc) is 1.90. The molecule has 3 heteroatoms. The fourth-order valence-corrected chi connectivity index (χ4v) is 3.35. The van der Waals surface area contributed by atoms with Gasteiger partial charge >= 0.3 is 0 Å². The fraction of sp³-hybridized carbons (Fsp3) is 1.00. The van der Waals surface area contributed by atoms with E-state index in [1.807, 2.05) is 0 Å². The third kappa shape index (κ3) is 3.99. The van der Waals surface area contributed by atoms with Crippen molar-refractivity contribution in [1.29, 1.82) is 0 Å². The van der Waals surface area contributed by atoms with Gasteiger partial charge in [-0.15, -0.1) is 0 Å². The van der Waals surface area contributed by atoms with E-state index in [4.69, 9.17) is 0 Å². The Labute approximate surface area is 82.2 Å². The zero-order valence-electron chi connectivity index (χ0n) is 5.41. The zero-order valence-corrected chi connectivity index (χ0v) is 10.2. The smallest absolute Gasteiger partial charge is 0.00704 e. The molecule has 0 aliphatic carbocycles. The molecule has 0 aliphatic rings. The standard InChI is InChI=1S/C6H11Br3/c1-5(2-7)6(3-8)4-9/h5-6H,2-4H2,1H3. The summed E-state index contributed by atoms with van der Waals surface area (Å²) >= 11 is 10.4. The molecule has 1 unspecified atom stereocenters. The molecule has 0 amide bonds. The van der Waals surface area contributed by atoms with Gasteiger partial charge in [-0.2, -0.15) is 0 Å². The Kier molecular flexibility index (Phi) is 7.16. The predicted octanol–water partition coefficient (Wildman–Crippen LogP) is 3.42. The first-order chi connectivity index (χ1) is 4.26. The Hall–Kier alpha value is 1.44. The maximum Gasteiger partial charge on any atom is 0.00704 e. The van der Waals surface area contributed by atoms with Crippen molar-refractivity contribution in [2.24, 2.45) is 11.8 Å². The Balaban J connectivity index is 3.50. The number of rotatable bonds is 4. The lowest BCUT2D eigenvalue weighted by Gasteiger charge is -2.16. The van der Waals surface area contributed by atoms with Crippen molar-refractivity contribution in [2.45, 2.75) is 6.92 Å². The van der Waals surface area contributed by atoms with Crippen molar-refractivity contribution in [2.75, 3.05) is 16.0 Å². The SMILES string of the molecule is CC(CBr)C(CBr)CBr. The molecule has 1 atom stereocenters. The van der Waals surface area contributed by atoms with Gasteiger partial charge in [-0.3, -0.25) is 0 Å². The van der Waals surface area contributed by atoms with Crippen LogP contribution in [0.1, 0.15) is 6.92 Å². The molecule has 0 spiro atoms. The normalized spacial score (nSPS) is 14.3. The largest absolute Gasteiger partial charge is 0.0925 e. The molecule has 0 aromatic carbocycles. The first-order valence-corrected chi connectivity index (χ1v) is 6.30. The number of alkyl halides is 3. The number of hydrogen-bond acceptors (Lipinski definition) is 0. The highest BCUT2D eigenvalue weighted by molar-refractivity contribution is 9.10. The summed E-state index contributed by atoms with van der Waals surface area (Å²) in [6.07, 6.45) is 0. The Morgan fingerprint density at radius 3 is 1.56 bits per heavy atom. The van der Waals surface area contributed by atoms with Crippen molar-refractivity contribution in [3.05, 3.63) is 0 Å². The second-order valence-electron chi connectivity index (χ2n) is 2.20. The van der Waals surface area contributed by atoms with Crippen LogP contribution in [0.3, 0.4) is 0 Å². The zero-order chi connectivity index (χ0) is 7.28. The van der Waals surface area contributed by atoms with Gasteiger partial charge in [0.05, 0.1) is 0 Å². The van der Waals surface area contributed by atoms with Gasteiger partial charge in [0, 0.05) is 16.0 Å². The number of hydrogen-bond donors (Lipinski definition) is 0. The fourth-order valence-electron chi connectivity index (χ4n) is 0.471. The second kappa shape index (κ2) is 6.17. The minimum absolute atomic E-state index is 0.753. The van der Waals surface area contributed by atoms with Crippen LogP contribution in [0, 0.1) is 11.8 Å². The lowest BCUT2D eigenvalue weighted by molar-refractivity contribution is 0.488. The van der Waals surface area contributed by atoms with Crippen LogP contribution in [-0.2, 0) is 0 Å². The maximum absolute atomic E-state index is 3.47. The molecule has 0 fully saturated rings. The highest BCUT2D eigenvalue weighted by atomic mass is 79.9. The molecule has 0 radical (unpaired) electrons. The van der Waals surface area contributed by atoms with Gasteiger partial charge in [0.1, 0.15) is 0 Å². The van der Waals surface area contributed by atoms with Crippen LogP contribution in [-0.4, -0.2) is 16.0 Å². The van der Waals surface area contributed by atoms with Crippen LogP contribution in [0.15, 0.2) is 0 Å². The van der Waals surface area contributed by atoms with E-state index in [0.717, 1.165) is 27.8 Å². The molecular weight excluding hydrogens is 312 g/mol. The van der Waals surface area contributed by atoms with Crippen molar-refractivity contribution in [1.82, 2.24) is 0 Å². The molecule has 0 heterocycles. The first-order valence-electron chi connectivity index (χ1n) is 2.94. The van der Waals surface area contributed by atoms with Crippen molar-refractivity contribution < 1.29 is 0 Å². The van der Waals surface area contributed by atoms with E-state index in [0.29, 0.717) is 0 Å². The van der Waals surface area contributed by atoms with Gasteiger partial charge in [-0.05, 0) is 11.8 Å². The topological polar surface area (TPSA) is 0 Å². The summed E-state index contributed by atoms with van der Waals surface area (Å²) in [7, 11) is 0. The molecular formula is C6H11Br3. The molecule has 0 nitrogen and oxygen atoms in total. The van der Waals surface area contributed by atoms with Gasteiger partial charge in [0.2, 0.25) is 0 Å². The van der Waals surface area contributed by atoms with Gasteiger partial charge in [-0.25, -0.2) is 0 Å². The maximum atomic E-state index is 3.47. The summed E-state index contributed by atoms with van der Waals surface area (Å²) in [4.78, 5) is 0. The molecule has 0 aliphatic heterocycles. The van der Waals surface area contributed by atoms with Gasteiger partial charge in [0.15, 0.2) is 0 Å². The summed E-state index contributed by atoms with van der Waals surface area (Å²) in [5, 5.41) is 3.27. The lowest BCUT2D eigenvalue weighted by atomic mass is 10.0. The minimum atomic E-state index is 0.753. The summed E-state index contributed by atoms with van der Waals surface area (Å²) in [5.41, 5.74) is 0. The van der Waals surface area contributed by atoms with E-state index in [1.54, 1.807) is 0 Å².